The first-order valence-corrected chi connectivity index (χ1v) is 11.6. The Hall–Kier alpha value is -2.55. The second-order valence-electron chi connectivity index (χ2n) is 7.74. The Morgan fingerprint density at radius 1 is 1.17 bits per heavy atom. The first-order chi connectivity index (χ1) is 14.5. The first kappa shape index (κ1) is 20.7. The molecule has 0 spiro atoms. The number of rotatable bonds is 4. The second kappa shape index (κ2) is 8.67. The molecule has 160 valence electrons. The van der Waals surface area contributed by atoms with Gasteiger partial charge in [-0.15, -0.1) is 0 Å². The van der Waals surface area contributed by atoms with Crippen molar-refractivity contribution in [2.75, 3.05) is 31.1 Å². The summed E-state index contributed by atoms with van der Waals surface area (Å²) in [4.78, 5) is 44.9. The van der Waals surface area contributed by atoms with Gasteiger partial charge in [-0.05, 0) is 30.9 Å². The highest BCUT2D eigenvalue weighted by atomic mass is 32.2. The number of aryl methyl sites for hydroxylation is 1. The van der Waals surface area contributed by atoms with Crippen LogP contribution in [-0.4, -0.2) is 67.5 Å². The lowest BCUT2D eigenvalue weighted by Gasteiger charge is -2.31. The zero-order valence-corrected chi connectivity index (χ0v) is 18.3. The average molecular weight is 430 g/mol. The van der Waals surface area contributed by atoms with Crippen LogP contribution in [0.15, 0.2) is 17.2 Å². The molecule has 0 unspecified atom stereocenters. The molecule has 0 atom stereocenters. The van der Waals surface area contributed by atoms with E-state index in [4.69, 9.17) is 0 Å². The fraction of sp³-hybridized carbons (Fsp3) is 0.524. The maximum Gasteiger partial charge on any atom is 0.261 e. The van der Waals surface area contributed by atoms with E-state index in [1.54, 1.807) is 22.2 Å². The van der Waals surface area contributed by atoms with Crippen molar-refractivity contribution in [1.82, 2.24) is 24.6 Å². The Balaban J connectivity index is 1.58. The fourth-order valence-corrected chi connectivity index (χ4v) is 5.06. The van der Waals surface area contributed by atoms with Gasteiger partial charge in [0.1, 0.15) is 5.56 Å². The SMILES string of the molecule is CCCn1ncc(C(=O)N2CCc3c(c[nH]c(=O)c3C(=O)N3CCSCC3)C2)c1C. The molecular weight excluding hydrogens is 402 g/mol. The van der Waals surface area contributed by atoms with E-state index in [2.05, 4.69) is 17.0 Å². The molecule has 1 N–H and O–H groups in total. The second-order valence-corrected chi connectivity index (χ2v) is 8.97. The zero-order valence-electron chi connectivity index (χ0n) is 17.4. The van der Waals surface area contributed by atoms with E-state index < -0.39 is 0 Å². The summed E-state index contributed by atoms with van der Waals surface area (Å²) in [7, 11) is 0. The Bertz CT molecular complexity index is 1020. The van der Waals surface area contributed by atoms with Crippen molar-refractivity contribution in [2.24, 2.45) is 0 Å². The Morgan fingerprint density at radius 3 is 2.67 bits per heavy atom. The molecule has 1 fully saturated rings. The lowest BCUT2D eigenvalue weighted by Crippen LogP contribution is -2.43. The minimum absolute atomic E-state index is 0.0624. The smallest absolute Gasteiger partial charge is 0.261 e. The van der Waals surface area contributed by atoms with Crippen molar-refractivity contribution in [3.05, 3.63) is 50.7 Å². The quantitative estimate of drug-likeness (QED) is 0.799. The number of fused-ring (bicyclic) bond motifs is 1. The van der Waals surface area contributed by atoms with Gasteiger partial charge in [0, 0.05) is 56.1 Å². The summed E-state index contributed by atoms with van der Waals surface area (Å²) in [6.07, 6.45) is 4.73. The molecule has 0 aromatic carbocycles. The van der Waals surface area contributed by atoms with Crippen LogP contribution in [-0.2, 0) is 19.5 Å². The first-order valence-electron chi connectivity index (χ1n) is 10.4. The summed E-state index contributed by atoms with van der Waals surface area (Å²) >= 11 is 1.82. The van der Waals surface area contributed by atoms with Gasteiger partial charge in [0.15, 0.2) is 0 Å². The number of nitrogens with one attached hydrogen (secondary N) is 1. The highest BCUT2D eigenvalue weighted by Crippen LogP contribution is 2.24. The lowest BCUT2D eigenvalue weighted by molar-refractivity contribution is 0.0732. The normalized spacial score (nSPS) is 16.5. The Labute approximate surface area is 179 Å². The maximum atomic E-state index is 13.1. The van der Waals surface area contributed by atoms with Crippen LogP contribution < -0.4 is 5.56 Å². The number of nitrogens with zero attached hydrogens (tertiary/aromatic N) is 4. The number of carbonyl (C=O) groups is 2. The number of carbonyl (C=O) groups excluding carboxylic acids is 2. The third kappa shape index (κ3) is 3.78. The maximum absolute atomic E-state index is 13.1. The van der Waals surface area contributed by atoms with Crippen LogP contribution in [0.1, 0.15) is 50.9 Å². The van der Waals surface area contributed by atoms with Crippen molar-refractivity contribution >= 4 is 23.6 Å². The molecule has 30 heavy (non-hydrogen) atoms. The third-order valence-corrected chi connectivity index (χ3v) is 6.80. The van der Waals surface area contributed by atoms with Crippen LogP contribution in [0.3, 0.4) is 0 Å². The minimum Gasteiger partial charge on any atom is -0.337 e. The summed E-state index contributed by atoms with van der Waals surface area (Å²) in [5, 5.41) is 4.34. The van der Waals surface area contributed by atoms with E-state index in [-0.39, 0.29) is 22.9 Å². The van der Waals surface area contributed by atoms with Gasteiger partial charge in [0.25, 0.3) is 17.4 Å². The number of amides is 2. The highest BCUT2D eigenvalue weighted by molar-refractivity contribution is 7.99. The standard InChI is InChI=1S/C21H27N5O3S/c1-3-5-26-14(2)17(12-23-26)20(28)25-6-4-16-15(13-25)11-22-19(27)18(16)21(29)24-7-9-30-10-8-24/h11-12H,3-10,13H2,1-2H3,(H,22,27). The van der Waals surface area contributed by atoms with E-state index >= 15 is 0 Å². The summed E-state index contributed by atoms with van der Waals surface area (Å²) in [5.41, 5.74) is 3.00. The Morgan fingerprint density at radius 2 is 1.93 bits per heavy atom. The van der Waals surface area contributed by atoms with Gasteiger partial charge < -0.3 is 14.8 Å². The molecule has 2 aromatic heterocycles. The van der Waals surface area contributed by atoms with Gasteiger partial charge in [-0.1, -0.05) is 6.92 Å². The zero-order chi connectivity index (χ0) is 21.3. The largest absolute Gasteiger partial charge is 0.337 e. The van der Waals surface area contributed by atoms with E-state index in [9.17, 15) is 14.4 Å². The number of hydrogen-bond acceptors (Lipinski definition) is 5. The predicted molar refractivity (Wildman–Crippen MR) is 116 cm³/mol. The molecule has 2 aliphatic rings. The van der Waals surface area contributed by atoms with E-state index in [1.165, 1.54) is 0 Å². The van der Waals surface area contributed by atoms with Crippen molar-refractivity contribution in [1.29, 1.82) is 0 Å². The van der Waals surface area contributed by atoms with E-state index in [0.29, 0.717) is 38.2 Å². The van der Waals surface area contributed by atoms with E-state index in [1.807, 2.05) is 23.4 Å². The summed E-state index contributed by atoms with van der Waals surface area (Å²) in [5.74, 6) is 1.54. The van der Waals surface area contributed by atoms with Crippen LogP contribution in [0.2, 0.25) is 0 Å². The molecule has 2 amide bonds. The number of H-pyrrole nitrogens is 1. The van der Waals surface area contributed by atoms with Gasteiger partial charge in [-0.25, -0.2) is 0 Å². The molecule has 0 aliphatic carbocycles. The van der Waals surface area contributed by atoms with Crippen molar-refractivity contribution in [2.45, 2.75) is 39.8 Å². The van der Waals surface area contributed by atoms with Gasteiger partial charge in [-0.2, -0.15) is 16.9 Å². The molecule has 4 rings (SSSR count). The highest BCUT2D eigenvalue weighted by Gasteiger charge is 2.30. The predicted octanol–water partition coefficient (Wildman–Crippen LogP) is 1.68. The fourth-order valence-electron chi connectivity index (χ4n) is 4.16. The molecule has 0 saturated carbocycles. The van der Waals surface area contributed by atoms with Crippen molar-refractivity contribution in [3.8, 4) is 0 Å². The summed E-state index contributed by atoms with van der Waals surface area (Å²) in [6.45, 7) is 6.95. The molecule has 2 aliphatic heterocycles. The van der Waals surface area contributed by atoms with Crippen LogP contribution in [0.25, 0.3) is 0 Å². The van der Waals surface area contributed by atoms with Gasteiger partial charge in [0.2, 0.25) is 0 Å². The number of aromatic nitrogens is 3. The molecular formula is C21H27N5O3S. The molecule has 0 bridgehead atoms. The monoisotopic (exact) mass is 429 g/mol. The van der Waals surface area contributed by atoms with Gasteiger partial charge in [-0.3, -0.25) is 19.1 Å². The van der Waals surface area contributed by atoms with Crippen LogP contribution in [0, 0.1) is 6.92 Å². The molecule has 2 aromatic rings. The average Bonchev–Trinajstić information content (AvgIpc) is 3.13. The number of hydrogen-bond donors (Lipinski definition) is 1. The topological polar surface area (TPSA) is 91.3 Å². The molecule has 4 heterocycles. The number of thioether (sulfide) groups is 1. The van der Waals surface area contributed by atoms with Crippen molar-refractivity contribution in [3.63, 3.8) is 0 Å². The summed E-state index contributed by atoms with van der Waals surface area (Å²) in [6, 6.07) is 0. The molecule has 9 heteroatoms. The van der Waals surface area contributed by atoms with Gasteiger partial charge >= 0.3 is 0 Å². The molecule has 1 saturated heterocycles. The van der Waals surface area contributed by atoms with Crippen LogP contribution in [0.5, 0.6) is 0 Å². The van der Waals surface area contributed by atoms with E-state index in [0.717, 1.165) is 41.3 Å². The number of aromatic amines is 1. The van der Waals surface area contributed by atoms with Crippen LogP contribution >= 0.6 is 11.8 Å². The van der Waals surface area contributed by atoms with Gasteiger partial charge in [0.05, 0.1) is 11.8 Å². The third-order valence-electron chi connectivity index (χ3n) is 5.86. The lowest BCUT2D eigenvalue weighted by atomic mass is 9.95. The molecule has 8 nitrogen and oxygen atoms in total. The molecule has 0 radical (unpaired) electrons. The summed E-state index contributed by atoms with van der Waals surface area (Å²) < 4.78 is 1.86. The van der Waals surface area contributed by atoms with Crippen LogP contribution in [0.4, 0.5) is 0 Å². The Kier molecular flexibility index (Phi) is 5.99. The number of pyridine rings is 1. The minimum atomic E-state index is -0.339. The van der Waals surface area contributed by atoms with Crippen molar-refractivity contribution < 1.29 is 9.59 Å².